The summed E-state index contributed by atoms with van der Waals surface area (Å²) >= 11 is 0. The van der Waals surface area contributed by atoms with E-state index < -0.39 is 12.5 Å². The van der Waals surface area contributed by atoms with E-state index in [4.69, 9.17) is 15.2 Å². The van der Waals surface area contributed by atoms with Gasteiger partial charge in [0, 0.05) is 0 Å². The number of benzene rings is 1. The molecule has 2 N–H and O–H groups in total. The average molecular weight is 183 g/mol. The standard InChI is InChI=1S/C8H9NO4/c10-8(6-9(11)12)13-7-4-2-1-3-5-7/h1-5,11-12H,6H2. The van der Waals surface area contributed by atoms with Crippen molar-refractivity contribution in [2.45, 2.75) is 0 Å². The van der Waals surface area contributed by atoms with Crippen molar-refractivity contribution in [3.8, 4) is 5.75 Å². The van der Waals surface area contributed by atoms with Gasteiger partial charge in [0.05, 0.1) is 0 Å². The Balaban J connectivity index is 2.46. The Labute approximate surface area is 74.7 Å². The van der Waals surface area contributed by atoms with E-state index in [0.29, 0.717) is 5.75 Å². The number of esters is 1. The summed E-state index contributed by atoms with van der Waals surface area (Å²) in [7, 11) is 0. The van der Waals surface area contributed by atoms with Crippen LogP contribution in [0.4, 0.5) is 0 Å². The minimum Gasteiger partial charge on any atom is -0.425 e. The average Bonchev–Trinajstić information content (AvgIpc) is 2.04. The van der Waals surface area contributed by atoms with Gasteiger partial charge in [0.25, 0.3) is 0 Å². The Morgan fingerprint density at radius 3 is 2.46 bits per heavy atom. The number of para-hydroxylation sites is 1. The highest BCUT2D eigenvalue weighted by Crippen LogP contribution is 2.08. The van der Waals surface area contributed by atoms with Crippen LogP contribution >= 0.6 is 0 Å². The molecule has 0 saturated carbocycles. The van der Waals surface area contributed by atoms with Crippen molar-refractivity contribution >= 4 is 5.97 Å². The summed E-state index contributed by atoms with van der Waals surface area (Å²) in [6.45, 7) is -0.588. The first kappa shape index (κ1) is 9.66. The number of hydroxylamine groups is 2. The van der Waals surface area contributed by atoms with Crippen molar-refractivity contribution in [3.05, 3.63) is 30.3 Å². The molecule has 0 amide bonds. The topological polar surface area (TPSA) is 70.0 Å². The van der Waals surface area contributed by atoms with Gasteiger partial charge in [-0.25, -0.2) is 0 Å². The molecule has 1 aromatic rings. The largest absolute Gasteiger partial charge is 0.425 e. The van der Waals surface area contributed by atoms with E-state index in [1.165, 1.54) is 0 Å². The first-order valence-corrected chi connectivity index (χ1v) is 3.59. The molecule has 5 nitrogen and oxygen atoms in total. The van der Waals surface area contributed by atoms with Crippen molar-refractivity contribution in [2.75, 3.05) is 6.54 Å². The third-order valence-corrected chi connectivity index (χ3v) is 1.25. The molecule has 0 saturated heterocycles. The molecule has 0 radical (unpaired) electrons. The molecule has 0 heterocycles. The molecule has 70 valence electrons. The van der Waals surface area contributed by atoms with Gasteiger partial charge in [-0.1, -0.05) is 23.4 Å². The number of hydrogen-bond acceptors (Lipinski definition) is 5. The lowest BCUT2D eigenvalue weighted by atomic mass is 10.3. The quantitative estimate of drug-likeness (QED) is 0.409. The highest BCUT2D eigenvalue weighted by molar-refractivity contribution is 5.74. The van der Waals surface area contributed by atoms with Crippen LogP contribution in [-0.2, 0) is 4.79 Å². The molecule has 13 heavy (non-hydrogen) atoms. The molecule has 0 unspecified atom stereocenters. The van der Waals surface area contributed by atoms with Crippen LogP contribution in [0.25, 0.3) is 0 Å². The smallest absolute Gasteiger partial charge is 0.330 e. The lowest BCUT2D eigenvalue weighted by molar-refractivity contribution is -0.303. The van der Waals surface area contributed by atoms with Gasteiger partial charge < -0.3 is 4.74 Å². The molecule has 0 aromatic heterocycles. The Bertz CT molecular complexity index is 273. The van der Waals surface area contributed by atoms with E-state index >= 15 is 0 Å². The second-order valence-corrected chi connectivity index (χ2v) is 2.32. The van der Waals surface area contributed by atoms with Gasteiger partial charge in [-0.3, -0.25) is 15.2 Å². The van der Waals surface area contributed by atoms with Crippen molar-refractivity contribution in [2.24, 2.45) is 0 Å². The van der Waals surface area contributed by atoms with Gasteiger partial charge in [-0.05, 0) is 12.1 Å². The molecular formula is C8H9NO4. The van der Waals surface area contributed by atoms with Crippen LogP contribution < -0.4 is 4.74 Å². The van der Waals surface area contributed by atoms with E-state index in [0.717, 1.165) is 0 Å². The van der Waals surface area contributed by atoms with E-state index in [9.17, 15) is 4.79 Å². The monoisotopic (exact) mass is 183 g/mol. The lowest BCUT2D eigenvalue weighted by Gasteiger charge is -2.05. The number of hydrogen-bond donors (Lipinski definition) is 2. The van der Waals surface area contributed by atoms with Gasteiger partial charge in [-0.15, -0.1) is 0 Å². The summed E-state index contributed by atoms with van der Waals surface area (Å²) in [5, 5.41) is 16.3. The summed E-state index contributed by atoms with van der Waals surface area (Å²) in [6, 6.07) is 8.38. The van der Waals surface area contributed by atoms with Crippen LogP contribution in [-0.4, -0.2) is 28.2 Å². The zero-order chi connectivity index (χ0) is 9.68. The van der Waals surface area contributed by atoms with Crippen molar-refractivity contribution in [1.82, 2.24) is 5.23 Å². The van der Waals surface area contributed by atoms with Crippen molar-refractivity contribution < 1.29 is 19.9 Å². The summed E-state index contributed by atoms with van der Waals surface area (Å²) < 4.78 is 4.72. The molecule has 0 atom stereocenters. The minimum absolute atomic E-state index is 0.231. The Morgan fingerprint density at radius 2 is 1.92 bits per heavy atom. The molecule has 0 aliphatic rings. The summed E-state index contributed by atoms with van der Waals surface area (Å²) in [6.07, 6.45) is 0. The number of carbonyl (C=O) groups excluding carboxylic acids is 1. The maximum Gasteiger partial charge on any atom is 0.330 e. The normalized spacial score (nSPS) is 10.1. The summed E-state index contributed by atoms with van der Waals surface area (Å²) in [5.41, 5.74) is 0. The molecule has 5 heteroatoms. The molecule has 0 spiro atoms. The summed E-state index contributed by atoms with van der Waals surface area (Å²) in [5.74, 6) is -0.370. The Morgan fingerprint density at radius 1 is 1.31 bits per heavy atom. The van der Waals surface area contributed by atoms with Gasteiger partial charge in [0.15, 0.2) is 0 Å². The first-order valence-electron chi connectivity index (χ1n) is 3.59. The van der Waals surface area contributed by atoms with Crippen molar-refractivity contribution in [1.29, 1.82) is 0 Å². The fourth-order valence-corrected chi connectivity index (χ4v) is 0.768. The van der Waals surface area contributed by atoms with E-state index in [1.54, 1.807) is 30.3 Å². The van der Waals surface area contributed by atoms with Crippen LogP contribution in [0.1, 0.15) is 0 Å². The number of ether oxygens (including phenoxy) is 1. The molecule has 1 aromatic carbocycles. The molecule has 0 aliphatic heterocycles. The lowest BCUT2D eigenvalue weighted by Crippen LogP contribution is -2.26. The predicted octanol–water partition coefficient (Wildman–Crippen LogP) is 0.672. The van der Waals surface area contributed by atoms with Crippen molar-refractivity contribution in [3.63, 3.8) is 0 Å². The Hall–Kier alpha value is -1.43. The minimum atomic E-state index is -0.740. The third kappa shape index (κ3) is 3.66. The number of carbonyl (C=O) groups is 1. The maximum atomic E-state index is 10.8. The van der Waals surface area contributed by atoms with Gasteiger partial charge in [0.1, 0.15) is 12.3 Å². The molecule has 1 rings (SSSR count). The SMILES string of the molecule is O=C(CN(O)O)Oc1ccccc1. The third-order valence-electron chi connectivity index (χ3n) is 1.25. The highest BCUT2D eigenvalue weighted by atomic mass is 16.8. The number of nitrogens with zero attached hydrogens (tertiary/aromatic N) is 1. The van der Waals surface area contributed by atoms with Crippen LogP contribution in [0.3, 0.4) is 0 Å². The fourth-order valence-electron chi connectivity index (χ4n) is 0.768. The molecular weight excluding hydrogens is 174 g/mol. The van der Waals surface area contributed by atoms with E-state index in [2.05, 4.69) is 0 Å². The van der Waals surface area contributed by atoms with E-state index in [1.807, 2.05) is 0 Å². The fraction of sp³-hybridized carbons (Fsp3) is 0.125. The van der Waals surface area contributed by atoms with Gasteiger partial charge in [-0.2, -0.15) is 0 Å². The summed E-state index contributed by atoms with van der Waals surface area (Å²) in [4.78, 5) is 10.8. The second kappa shape index (κ2) is 4.56. The van der Waals surface area contributed by atoms with Crippen LogP contribution in [0.15, 0.2) is 30.3 Å². The molecule has 0 bridgehead atoms. The molecule has 0 aliphatic carbocycles. The van der Waals surface area contributed by atoms with Gasteiger partial charge in [0.2, 0.25) is 0 Å². The van der Waals surface area contributed by atoms with E-state index in [-0.39, 0.29) is 5.23 Å². The highest BCUT2D eigenvalue weighted by Gasteiger charge is 2.07. The van der Waals surface area contributed by atoms with Crippen LogP contribution in [0.2, 0.25) is 0 Å². The second-order valence-electron chi connectivity index (χ2n) is 2.32. The zero-order valence-corrected chi connectivity index (χ0v) is 6.75. The maximum absolute atomic E-state index is 10.8. The Kier molecular flexibility index (Phi) is 3.39. The number of rotatable bonds is 3. The predicted molar refractivity (Wildman–Crippen MR) is 42.4 cm³/mol. The first-order chi connectivity index (χ1) is 6.18. The zero-order valence-electron chi connectivity index (χ0n) is 6.75. The van der Waals surface area contributed by atoms with Crippen LogP contribution in [0, 0.1) is 0 Å². The van der Waals surface area contributed by atoms with Gasteiger partial charge >= 0.3 is 5.97 Å². The molecule has 0 fully saturated rings. The van der Waals surface area contributed by atoms with Crippen LogP contribution in [0.5, 0.6) is 5.75 Å².